The van der Waals surface area contributed by atoms with E-state index in [9.17, 15) is 13.2 Å². The molecule has 19 heavy (non-hydrogen) atoms. The van der Waals surface area contributed by atoms with Gasteiger partial charge in [0.25, 0.3) is 0 Å². The monoisotopic (exact) mass is 280 g/mol. The molecule has 1 aromatic heterocycles. The van der Waals surface area contributed by atoms with Crippen LogP contribution in [0.1, 0.15) is 11.1 Å². The van der Waals surface area contributed by atoms with Gasteiger partial charge in [-0.25, -0.2) is 0 Å². The van der Waals surface area contributed by atoms with Gasteiger partial charge in [0.1, 0.15) is 10.7 Å². The van der Waals surface area contributed by atoms with Crippen molar-refractivity contribution in [3.8, 4) is 17.3 Å². The Balaban J connectivity index is 2.72. The molecule has 0 atom stereocenters. The fourth-order valence-electron chi connectivity index (χ4n) is 1.67. The second kappa shape index (κ2) is 4.86. The van der Waals surface area contributed by atoms with Crippen molar-refractivity contribution in [2.45, 2.75) is 6.18 Å². The first kappa shape index (κ1) is 13.3. The molecule has 2 rings (SSSR count). The van der Waals surface area contributed by atoms with Crippen LogP contribution < -0.4 is 0 Å². The van der Waals surface area contributed by atoms with Gasteiger partial charge in [0.15, 0.2) is 0 Å². The largest absolute Gasteiger partial charge is 0.417 e. The third-order valence-corrected chi connectivity index (χ3v) is 2.84. The quantitative estimate of drug-likeness (QED) is 0.791. The van der Waals surface area contributed by atoms with Crippen LogP contribution in [0.2, 0.25) is 0 Å². The number of H-pyrrole nitrogens is 1. The van der Waals surface area contributed by atoms with Crippen molar-refractivity contribution in [1.82, 2.24) is 4.98 Å². The molecule has 0 fully saturated rings. The molecule has 0 bridgehead atoms. The maximum atomic E-state index is 12.9. The number of nitriles is 1. The van der Waals surface area contributed by atoms with Gasteiger partial charge in [0.05, 0.1) is 11.1 Å². The summed E-state index contributed by atoms with van der Waals surface area (Å²) in [6.45, 7) is 0. The Morgan fingerprint density at radius 1 is 1.16 bits per heavy atom. The van der Waals surface area contributed by atoms with Crippen molar-refractivity contribution < 1.29 is 13.2 Å². The highest BCUT2D eigenvalue weighted by Gasteiger charge is 2.34. The van der Waals surface area contributed by atoms with E-state index in [1.54, 1.807) is 30.3 Å². The zero-order valence-electron chi connectivity index (χ0n) is 9.45. The van der Waals surface area contributed by atoms with Crippen molar-refractivity contribution in [1.29, 1.82) is 5.26 Å². The zero-order chi connectivity index (χ0) is 14.0. The smallest absolute Gasteiger partial charge is 0.345 e. The minimum atomic E-state index is -4.61. The molecule has 0 saturated carbocycles. The molecule has 2 nitrogen and oxygen atoms in total. The number of benzene rings is 1. The van der Waals surface area contributed by atoms with E-state index < -0.39 is 17.3 Å². The number of aromatic nitrogens is 1. The molecule has 96 valence electrons. The standard InChI is InChI=1S/C13H7F3N2S/c14-13(15,16)10-6-11(8-4-2-1-3-5-8)18-12(19)9(10)7-17/h1-6H,(H,18,19). The summed E-state index contributed by atoms with van der Waals surface area (Å²) < 4.78 is 38.5. The highest BCUT2D eigenvalue weighted by atomic mass is 32.1. The fraction of sp³-hybridized carbons (Fsp3) is 0.0769. The highest BCUT2D eigenvalue weighted by Crippen LogP contribution is 2.34. The van der Waals surface area contributed by atoms with Gasteiger partial charge < -0.3 is 4.98 Å². The SMILES string of the molecule is N#Cc1c(C(F)(F)F)cc(-c2ccccc2)[nH]c1=S. The Hall–Kier alpha value is -2.13. The van der Waals surface area contributed by atoms with E-state index in [2.05, 4.69) is 4.98 Å². The van der Waals surface area contributed by atoms with E-state index in [1.807, 2.05) is 0 Å². The number of aromatic amines is 1. The van der Waals surface area contributed by atoms with Crippen molar-refractivity contribution in [2.24, 2.45) is 0 Å². The Bertz CT molecular complexity index is 697. The van der Waals surface area contributed by atoms with E-state index >= 15 is 0 Å². The molecule has 0 aliphatic rings. The fourth-order valence-corrected chi connectivity index (χ4v) is 1.93. The molecule has 2 aromatic rings. The normalized spacial score (nSPS) is 11.1. The van der Waals surface area contributed by atoms with Crippen LogP contribution in [0.3, 0.4) is 0 Å². The maximum absolute atomic E-state index is 12.9. The molecule has 1 aromatic carbocycles. The van der Waals surface area contributed by atoms with Crippen LogP contribution in [0.25, 0.3) is 11.3 Å². The summed E-state index contributed by atoms with van der Waals surface area (Å²) in [6, 6.07) is 10.9. The first-order valence-corrected chi connectivity index (χ1v) is 5.64. The average molecular weight is 280 g/mol. The molecule has 0 spiro atoms. The van der Waals surface area contributed by atoms with Gasteiger partial charge in [-0.2, -0.15) is 18.4 Å². The molecule has 0 aliphatic heterocycles. The topological polar surface area (TPSA) is 39.6 Å². The highest BCUT2D eigenvalue weighted by molar-refractivity contribution is 7.71. The number of rotatable bonds is 1. The van der Waals surface area contributed by atoms with Gasteiger partial charge in [-0.1, -0.05) is 42.5 Å². The predicted octanol–water partition coefficient (Wildman–Crippen LogP) is 4.30. The lowest BCUT2D eigenvalue weighted by Gasteiger charge is -2.11. The van der Waals surface area contributed by atoms with Crippen LogP contribution in [-0.2, 0) is 6.18 Å². The molecular weight excluding hydrogens is 273 g/mol. The number of hydrogen-bond acceptors (Lipinski definition) is 2. The van der Waals surface area contributed by atoms with Crippen LogP contribution in [0.5, 0.6) is 0 Å². The Kier molecular flexibility index (Phi) is 3.40. The summed E-state index contributed by atoms with van der Waals surface area (Å²) >= 11 is 4.82. The lowest BCUT2D eigenvalue weighted by Crippen LogP contribution is -2.09. The van der Waals surface area contributed by atoms with Gasteiger partial charge in [-0.3, -0.25) is 0 Å². The third kappa shape index (κ3) is 2.66. The van der Waals surface area contributed by atoms with Crippen LogP contribution in [0.4, 0.5) is 13.2 Å². The number of nitrogens with one attached hydrogen (secondary N) is 1. The summed E-state index contributed by atoms with van der Waals surface area (Å²) in [5, 5.41) is 8.79. The molecular formula is C13H7F3N2S. The Morgan fingerprint density at radius 2 is 1.79 bits per heavy atom. The molecule has 0 unspecified atom stereocenters. The van der Waals surface area contributed by atoms with Crippen LogP contribution in [-0.4, -0.2) is 4.98 Å². The van der Waals surface area contributed by atoms with Crippen molar-refractivity contribution in [3.05, 3.63) is 52.2 Å². The molecule has 6 heteroatoms. The van der Waals surface area contributed by atoms with Crippen LogP contribution >= 0.6 is 12.2 Å². The Morgan fingerprint density at radius 3 is 2.32 bits per heavy atom. The number of alkyl halides is 3. The molecule has 0 saturated heterocycles. The third-order valence-electron chi connectivity index (χ3n) is 2.54. The molecule has 0 radical (unpaired) electrons. The summed E-state index contributed by atoms with van der Waals surface area (Å²) in [7, 11) is 0. The predicted molar refractivity (Wildman–Crippen MR) is 66.8 cm³/mol. The van der Waals surface area contributed by atoms with Gasteiger partial charge in [-0.15, -0.1) is 0 Å². The summed E-state index contributed by atoms with van der Waals surface area (Å²) in [5.41, 5.74) is -0.764. The van der Waals surface area contributed by atoms with E-state index in [0.717, 1.165) is 6.07 Å². The van der Waals surface area contributed by atoms with Gasteiger partial charge in [0, 0.05) is 5.69 Å². The second-order valence-corrected chi connectivity index (χ2v) is 4.18. The number of nitrogens with zero attached hydrogens (tertiary/aromatic N) is 1. The zero-order valence-corrected chi connectivity index (χ0v) is 10.3. The summed E-state index contributed by atoms with van der Waals surface area (Å²) in [5.74, 6) is 0. The minimum absolute atomic E-state index is 0.212. The van der Waals surface area contributed by atoms with E-state index in [-0.39, 0.29) is 10.3 Å². The maximum Gasteiger partial charge on any atom is 0.417 e. The molecule has 1 N–H and O–H groups in total. The van der Waals surface area contributed by atoms with Gasteiger partial charge in [-0.05, 0) is 11.6 Å². The molecule has 0 aliphatic carbocycles. The first-order chi connectivity index (χ1) is 8.93. The van der Waals surface area contributed by atoms with Crippen LogP contribution in [0, 0.1) is 16.0 Å². The van der Waals surface area contributed by atoms with Crippen molar-refractivity contribution in [2.75, 3.05) is 0 Å². The first-order valence-electron chi connectivity index (χ1n) is 5.23. The molecule has 0 amide bonds. The lowest BCUT2D eigenvalue weighted by molar-refractivity contribution is -0.137. The number of halogens is 3. The minimum Gasteiger partial charge on any atom is -0.345 e. The average Bonchev–Trinajstić information content (AvgIpc) is 2.37. The van der Waals surface area contributed by atoms with E-state index in [4.69, 9.17) is 17.5 Å². The van der Waals surface area contributed by atoms with Gasteiger partial charge >= 0.3 is 6.18 Å². The van der Waals surface area contributed by atoms with Crippen LogP contribution in [0.15, 0.2) is 36.4 Å². The second-order valence-electron chi connectivity index (χ2n) is 3.78. The number of hydrogen-bond donors (Lipinski definition) is 1. The summed E-state index contributed by atoms with van der Waals surface area (Å²) in [4.78, 5) is 2.65. The molecule has 1 heterocycles. The van der Waals surface area contributed by atoms with E-state index in [1.165, 1.54) is 6.07 Å². The summed E-state index contributed by atoms with van der Waals surface area (Å²) in [6.07, 6.45) is -4.61. The Labute approximate surface area is 112 Å². The van der Waals surface area contributed by atoms with E-state index in [0.29, 0.717) is 5.56 Å². The lowest BCUT2D eigenvalue weighted by atomic mass is 10.1. The van der Waals surface area contributed by atoms with Gasteiger partial charge in [0.2, 0.25) is 0 Å². The van der Waals surface area contributed by atoms with Crippen molar-refractivity contribution >= 4 is 12.2 Å². The van der Waals surface area contributed by atoms with Crippen molar-refractivity contribution in [3.63, 3.8) is 0 Å². The number of pyridine rings is 1.